The molecule has 0 fully saturated rings. The lowest BCUT2D eigenvalue weighted by Gasteiger charge is -2.10. The lowest BCUT2D eigenvalue weighted by molar-refractivity contribution is -0.00696. The van der Waals surface area contributed by atoms with E-state index in [-0.39, 0.29) is 0 Å². The number of aromatic nitrogens is 2. The summed E-state index contributed by atoms with van der Waals surface area (Å²) >= 11 is 0. The van der Waals surface area contributed by atoms with Gasteiger partial charge in [0.2, 0.25) is 0 Å². The average Bonchev–Trinajstić information content (AvgIpc) is 3.34. The minimum absolute atomic E-state index is 0.367. The summed E-state index contributed by atoms with van der Waals surface area (Å²) in [6, 6.07) is 15.1. The molecule has 0 atom stereocenters. The molecule has 2 aromatic carbocycles. The Hall–Kier alpha value is -2.98. The molecule has 0 amide bonds. The summed E-state index contributed by atoms with van der Waals surface area (Å²) in [5.74, 6) is 2.02. The maximum atomic E-state index is 5.99. The lowest BCUT2D eigenvalue weighted by Crippen LogP contribution is -2.14. The summed E-state index contributed by atoms with van der Waals surface area (Å²) in [6.45, 7) is 4.64. The number of para-hydroxylation sites is 2. The summed E-state index contributed by atoms with van der Waals surface area (Å²) in [5, 5.41) is 8.46. The van der Waals surface area contributed by atoms with Crippen LogP contribution in [0.3, 0.4) is 0 Å². The van der Waals surface area contributed by atoms with Gasteiger partial charge < -0.3 is 32.8 Å². The van der Waals surface area contributed by atoms with Gasteiger partial charge >= 0.3 is 0 Å². The molecule has 9 nitrogen and oxygen atoms in total. The van der Waals surface area contributed by atoms with Crippen LogP contribution in [0.15, 0.2) is 52.9 Å². The van der Waals surface area contributed by atoms with Crippen molar-refractivity contribution in [3.8, 4) is 34.4 Å². The number of ether oxygens (including phenoxy) is 6. The third-order valence-electron chi connectivity index (χ3n) is 4.75. The van der Waals surface area contributed by atoms with Crippen molar-refractivity contribution in [1.82, 2.24) is 10.2 Å². The Morgan fingerprint density at radius 2 is 0.818 bits per heavy atom. The van der Waals surface area contributed by atoms with Crippen LogP contribution in [0.4, 0.5) is 0 Å². The molecule has 0 unspecified atom stereocenters. The highest BCUT2D eigenvalue weighted by Gasteiger charge is 2.17. The van der Waals surface area contributed by atoms with Gasteiger partial charge in [-0.05, 0) is 24.3 Å². The van der Waals surface area contributed by atoms with Crippen molar-refractivity contribution in [1.29, 1.82) is 0 Å². The fourth-order valence-electron chi connectivity index (χ4n) is 3.16. The van der Waals surface area contributed by atoms with E-state index in [0.717, 1.165) is 0 Å². The molecule has 1 aliphatic rings. The van der Waals surface area contributed by atoms with Gasteiger partial charge in [0.05, 0.1) is 64.0 Å². The Balaban J connectivity index is 1.49. The molecule has 3 aromatic rings. The van der Waals surface area contributed by atoms with E-state index < -0.39 is 0 Å². The molecule has 4 rings (SSSR count). The Morgan fingerprint density at radius 1 is 0.455 bits per heavy atom. The second-order valence-corrected chi connectivity index (χ2v) is 7.05. The first-order valence-electron chi connectivity index (χ1n) is 11.0. The summed E-state index contributed by atoms with van der Waals surface area (Å²) in [5.41, 5.74) is 1.43. The molecule has 1 aromatic heterocycles. The standard InChI is InChI=1S/C24H28N2O7/c1-3-7-21-19(5-1)23-25-26-24(33-23)20-6-2-4-8-22(20)32-18-16-30-14-12-28-10-9-27-11-13-29-15-17-31-21/h1-8H,9-18H2. The molecule has 33 heavy (non-hydrogen) atoms. The Labute approximate surface area is 192 Å². The number of fused-ring (bicyclic) bond motifs is 6. The number of hydrogen-bond donors (Lipinski definition) is 0. The SMILES string of the molecule is c1ccc2c(c1)OCCOCCOCCOCCOCCOc1ccccc1-c1nnc-2o1. The van der Waals surface area contributed by atoms with Gasteiger partial charge in [-0.3, -0.25) is 0 Å². The van der Waals surface area contributed by atoms with Crippen molar-refractivity contribution < 1.29 is 32.8 Å². The summed E-state index contributed by atoms with van der Waals surface area (Å²) in [7, 11) is 0. The van der Waals surface area contributed by atoms with E-state index in [1.165, 1.54) is 0 Å². The van der Waals surface area contributed by atoms with Crippen molar-refractivity contribution in [2.75, 3.05) is 66.1 Å². The first kappa shape index (κ1) is 23.2. The van der Waals surface area contributed by atoms with E-state index in [4.69, 9.17) is 32.8 Å². The van der Waals surface area contributed by atoms with Crippen molar-refractivity contribution in [2.45, 2.75) is 0 Å². The number of hydrogen-bond acceptors (Lipinski definition) is 9. The molecule has 2 heterocycles. The smallest absolute Gasteiger partial charge is 0.251 e. The molecule has 0 aliphatic carbocycles. The monoisotopic (exact) mass is 456 g/mol. The average molecular weight is 456 g/mol. The summed E-state index contributed by atoms with van der Waals surface area (Å²) in [4.78, 5) is 0. The zero-order chi connectivity index (χ0) is 22.6. The fraction of sp³-hybridized carbons (Fsp3) is 0.417. The van der Waals surface area contributed by atoms with Gasteiger partial charge in [0, 0.05) is 0 Å². The molecule has 2 bridgehead atoms. The van der Waals surface area contributed by atoms with Crippen LogP contribution >= 0.6 is 0 Å². The Kier molecular flexibility index (Phi) is 9.07. The van der Waals surface area contributed by atoms with Crippen molar-refractivity contribution in [3.05, 3.63) is 48.5 Å². The molecule has 176 valence electrons. The van der Waals surface area contributed by atoms with E-state index in [2.05, 4.69) is 10.2 Å². The molecule has 0 N–H and O–H groups in total. The molecule has 0 saturated carbocycles. The third-order valence-corrected chi connectivity index (χ3v) is 4.75. The second-order valence-electron chi connectivity index (χ2n) is 7.05. The zero-order valence-corrected chi connectivity index (χ0v) is 18.4. The molecule has 9 heteroatoms. The van der Waals surface area contributed by atoms with Crippen molar-refractivity contribution in [2.24, 2.45) is 0 Å². The van der Waals surface area contributed by atoms with Crippen LogP contribution in [0.25, 0.3) is 22.9 Å². The van der Waals surface area contributed by atoms with E-state index in [1.54, 1.807) is 0 Å². The van der Waals surface area contributed by atoms with Gasteiger partial charge in [-0.15, -0.1) is 10.2 Å². The topological polar surface area (TPSA) is 94.3 Å². The van der Waals surface area contributed by atoms with Crippen molar-refractivity contribution >= 4 is 0 Å². The van der Waals surface area contributed by atoms with Gasteiger partial charge in [0.1, 0.15) is 24.7 Å². The molecule has 1 aliphatic heterocycles. The van der Waals surface area contributed by atoms with E-state index in [1.807, 2.05) is 48.5 Å². The largest absolute Gasteiger partial charge is 0.490 e. The molecule has 0 radical (unpaired) electrons. The highest BCUT2D eigenvalue weighted by Crippen LogP contribution is 2.34. The normalized spacial score (nSPS) is 17.1. The zero-order valence-electron chi connectivity index (χ0n) is 18.4. The minimum atomic E-state index is 0.367. The van der Waals surface area contributed by atoms with Gasteiger partial charge in [0.15, 0.2) is 0 Å². The second kappa shape index (κ2) is 12.9. The first-order valence-corrected chi connectivity index (χ1v) is 11.0. The van der Waals surface area contributed by atoms with Crippen LogP contribution in [0.2, 0.25) is 0 Å². The number of nitrogens with zero attached hydrogens (tertiary/aromatic N) is 2. The predicted octanol–water partition coefficient (Wildman–Crippen LogP) is 3.24. The van der Waals surface area contributed by atoms with E-state index in [0.29, 0.717) is 100 Å². The van der Waals surface area contributed by atoms with Crippen LogP contribution < -0.4 is 9.47 Å². The molecular formula is C24H28N2O7. The third kappa shape index (κ3) is 7.00. The number of rotatable bonds is 0. The maximum Gasteiger partial charge on any atom is 0.251 e. The lowest BCUT2D eigenvalue weighted by atomic mass is 10.2. The van der Waals surface area contributed by atoms with Gasteiger partial charge in [-0.2, -0.15) is 0 Å². The summed E-state index contributed by atoms with van der Waals surface area (Å²) < 4.78 is 39.9. The molecule has 0 saturated heterocycles. The van der Waals surface area contributed by atoms with E-state index in [9.17, 15) is 0 Å². The fourth-order valence-corrected chi connectivity index (χ4v) is 3.16. The van der Waals surface area contributed by atoms with Crippen LogP contribution in [-0.2, 0) is 18.9 Å². The van der Waals surface area contributed by atoms with Crippen LogP contribution in [0, 0.1) is 0 Å². The highest BCUT2D eigenvalue weighted by molar-refractivity contribution is 5.66. The Morgan fingerprint density at radius 3 is 1.24 bits per heavy atom. The quantitative estimate of drug-likeness (QED) is 0.505. The van der Waals surface area contributed by atoms with Crippen LogP contribution in [0.1, 0.15) is 0 Å². The maximum absolute atomic E-state index is 5.99. The van der Waals surface area contributed by atoms with Crippen LogP contribution in [-0.4, -0.2) is 76.3 Å². The van der Waals surface area contributed by atoms with Gasteiger partial charge in [-0.25, -0.2) is 0 Å². The molecule has 0 spiro atoms. The molecular weight excluding hydrogens is 428 g/mol. The predicted molar refractivity (Wildman–Crippen MR) is 119 cm³/mol. The van der Waals surface area contributed by atoms with Crippen molar-refractivity contribution in [3.63, 3.8) is 0 Å². The first-order chi connectivity index (χ1) is 16.4. The van der Waals surface area contributed by atoms with Gasteiger partial charge in [-0.1, -0.05) is 24.3 Å². The number of benzene rings is 2. The Bertz CT molecular complexity index is 903. The van der Waals surface area contributed by atoms with Crippen LogP contribution in [0.5, 0.6) is 11.5 Å². The van der Waals surface area contributed by atoms with Gasteiger partial charge in [0.25, 0.3) is 11.8 Å². The summed E-state index contributed by atoms with van der Waals surface area (Å²) in [6.07, 6.45) is 0. The van der Waals surface area contributed by atoms with E-state index >= 15 is 0 Å². The minimum Gasteiger partial charge on any atom is -0.490 e. The highest BCUT2D eigenvalue weighted by atomic mass is 16.6.